The van der Waals surface area contributed by atoms with Crippen molar-refractivity contribution in [2.24, 2.45) is 0 Å². The number of halogens is 3. The Hall–Kier alpha value is -0.420. The van der Waals surface area contributed by atoms with Crippen LogP contribution in [0.3, 0.4) is 0 Å². The van der Waals surface area contributed by atoms with Crippen LogP contribution in [-0.2, 0) is 0 Å². The van der Waals surface area contributed by atoms with Gasteiger partial charge in [-0.25, -0.2) is 4.39 Å². The lowest BCUT2D eigenvalue weighted by molar-refractivity contribution is 0.0952. The van der Waals surface area contributed by atoms with Crippen molar-refractivity contribution in [2.45, 2.75) is 24.6 Å². The molecule has 2 nitrogen and oxygen atoms in total. The zero-order valence-corrected chi connectivity index (χ0v) is 12.6. The number of carbonyl (C=O) groups is 1. The molecule has 0 bridgehead atoms. The molecule has 0 aliphatic heterocycles. The van der Waals surface area contributed by atoms with Gasteiger partial charge in [-0.2, -0.15) is 0 Å². The maximum absolute atomic E-state index is 13.2. The van der Waals surface area contributed by atoms with Crippen molar-refractivity contribution in [3.63, 3.8) is 0 Å². The van der Waals surface area contributed by atoms with Crippen molar-refractivity contribution < 1.29 is 9.18 Å². The molecule has 0 aliphatic carbocycles. The molecule has 0 saturated carbocycles. The molecule has 0 heterocycles. The summed E-state index contributed by atoms with van der Waals surface area (Å²) < 4.78 is 13.4. The molecule has 0 aromatic heterocycles. The topological polar surface area (TPSA) is 29.1 Å². The van der Waals surface area contributed by atoms with Crippen LogP contribution >= 0.6 is 31.9 Å². The maximum atomic E-state index is 13.2. The van der Waals surface area contributed by atoms with Crippen LogP contribution in [0.15, 0.2) is 22.7 Å². The van der Waals surface area contributed by atoms with Crippen LogP contribution in [0.25, 0.3) is 0 Å². The van der Waals surface area contributed by atoms with Crippen molar-refractivity contribution in [3.05, 3.63) is 34.1 Å². The lowest BCUT2D eigenvalue weighted by atomic mass is 10.2. The highest BCUT2D eigenvalue weighted by Gasteiger charge is 2.12. The standard InChI is InChI=1S/C12H14Br2FNO/c1-2-8(13)6-7-16-12(17)9-4-3-5-10(15)11(9)14/h3-5,8H,2,6-7H2,1H3,(H,16,17). The van der Waals surface area contributed by atoms with Gasteiger partial charge in [-0.3, -0.25) is 4.79 Å². The van der Waals surface area contributed by atoms with Crippen molar-refractivity contribution in [3.8, 4) is 0 Å². The predicted octanol–water partition coefficient (Wildman–Crippen LogP) is 3.88. The summed E-state index contributed by atoms with van der Waals surface area (Å²) in [5.74, 6) is -0.684. The van der Waals surface area contributed by atoms with E-state index in [2.05, 4.69) is 44.1 Å². The molecule has 1 amide bonds. The molecular weight excluding hydrogens is 353 g/mol. The average molecular weight is 367 g/mol. The lowest BCUT2D eigenvalue weighted by Gasteiger charge is -2.09. The highest BCUT2D eigenvalue weighted by atomic mass is 79.9. The van der Waals surface area contributed by atoms with Crippen molar-refractivity contribution in [2.75, 3.05) is 6.54 Å². The van der Waals surface area contributed by atoms with Gasteiger partial charge in [-0.15, -0.1) is 0 Å². The van der Waals surface area contributed by atoms with Gasteiger partial charge in [0, 0.05) is 11.4 Å². The van der Waals surface area contributed by atoms with Crippen molar-refractivity contribution in [1.29, 1.82) is 0 Å². The highest BCUT2D eigenvalue weighted by molar-refractivity contribution is 9.10. The van der Waals surface area contributed by atoms with Crippen LogP contribution in [-0.4, -0.2) is 17.3 Å². The Labute approximate surface area is 117 Å². The largest absolute Gasteiger partial charge is 0.352 e. The number of carbonyl (C=O) groups excluding carboxylic acids is 1. The van der Waals surface area contributed by atoms with E-state index in [1.54, 1.807) is 6.07 Å². The summed E-state index contributed by atoms with van der Waals surface area (Å²) in [6, 6.07) is 4.43. The number of nitrogens with one attached hydrogen (secondary N) is 1. The highest BCUT2D eigenvalue weighted by Crippen LogP contribution is 2.20. The zero-order chi connectivity index (χ0) is 12.8. The molecule has 1 atom stereocenters. The monoisotopic (exact) mass is 365 g/mol. The average Bonchev–Trinajstić information content (AvgIpc) is 2.32. The minimum absolute atomic E-state index is 0.211. The lowest BCUT2D eigenvalue weighted by Crippen LogP contribution is -2.26. The van der Waals surface area contributed by atoms with Crippen LogP contribution < -0.4 is 5.32 Å². The second-order valence-corrected chi connectivity index (χ2v) is 5.74. The van der Waals surface area contributed by atoms with Gasteiger partial charge in [0.15, 0.2) is 0 Å². The molecule has 1 rings (SSSR count). The van der Waals surface area contributed by atoms with E-state index >= 15 is 0 Å². The van der Waals surface area contributed by atoms with E-state index in [0.29, 0.717) is 16.9 Å². The Morgan fingerprint density at radius 2 is 2.24 bits per heavy atom. The normalized spacial score (nSPS) is 12.2. The second kappa shape index (κ2) is 7.11. The molecule has 94 valence electrons. The Morgan fingerprint density at radius 1 is 1.53 bits per heavy atom. The number of benzene rings is 1. The molecule has 0 fully saturated rings. The number of amides is 1. The fraction of sp³-hybridized carbons (Fsp3) is 0.417. The van der Waals surface area contributed by atoms with Gasteiger partial charge in [0.1, 0.15) is 5.82 Å². The van der Waals surface area contributed by atoms with E-state index in [1.807, 2.05) is 0 Å². The summed E-state index contributed by atoms with van der Waals surface area (Å²) in [5, 5.41) is 2.77. The third kappa shape index (κ3) is 4.39. The molecule has 1 unspecified atom stereocenters. The molecule has 5 heteroatoms. The first-order valence-corrected chi connectivity index (χ1v) is 7.13. The van der Waals surface area contributed by atoms with Crippen LogP contribution in [0.1, 0.15) is 30.1 Å². The van der Waals surface area contributed by atoms with E-state index in [4.69, 9.17) is 0 Å². The zero-order valence-electron chi connectivity index (χ0n) is 9.47. The second-order valence-electron chi connectivity index (χ2n) is 3.65. The van der Waals surface area contributed by atoms with Gasteiger partial charge in [0.25, 0.3) is 5.91 Å². The predicted molar refractivity (Wildman–Crippen MR) is 74.1 cm³/mol. The Balaban J connectivity index is 2.56. The minimum atomic E-state index is -0.426. The Kier molecular flexibility index (Phi) is 6.12. The van der Waals surface area contributed by atoms with Crippen LogP contribution in [0, 0.1) is 5.82 Å². The van der Waals surface area contributed by atoms with Crippen molar-refractivity contribution >= 4 is 37.8 Å². The van der Waals surface area contributed by atoms with Gasteiger partial charge in [0.05, 0.1) is 10.0 Å². The molecule has 0 saturated heterocycles. The van der Waals surface area contributed by atoms with E-state index in [0.717, 1.165) is 12.8 Å². The first kappa shape index (κ1) is 14.6. The fourth-order valence-corrected chi connectivity index (χ4v) is 1.99. The van der Waals surface area contributed by atoms with E-state index < -0.39 is 5.82 Å². The van der Waals surface area contributed by atoms with E-state index in [-0.39, 0.29) is 10.4 Å². The number of alkyl halides is 1. The molecule has 0 radical (unpaired) electrons. The fourth-order valence-electron chi connectivity index (χ4n) is 1.32. The summed E-state index contributed by atoms with van der Waals surface area (Å²) >= 11 is 6.56. The van der Waals surface area contributed by atoms with Gasteiger partial charge in [-0.05, 0) is 40.9 Å². The van der Waals surface area contributed by atoms with Crippen molar-refractivity contribution in [1.82, 2.24) is 5.32 Å². The van der Waals surface area contributed by atoms with Crippen LogP contribution in [0.2, 0.25) is 0 Å². The van der Waals surface area contributed by atoms with Gasteiger partial charge in [-0.1, -0.05) is 28.9 Å². The molecule has 0 aliphatic rings. The smallest absolute Gasteiger partial charge is 0.252 e. The third-order valence-electron chi connectivity index (χ3n) is 2.38. The maximum Gasteiger partial charge on any atom is 0.252 e. The third-order valence-corrected chi connectivity index (χ3v) is 4.29. The summed E-state index contributed by atoms with van der Waals surface area (Å²) in [6.07, 6.45) is 1.87. The quantitative estimate of drug-likeness (QED) is 0.787. The minimum Gasteiger partial charge on any atom is -0.352 e. The summed E-state index contributed by atoms with van der Waals surface area (Å²) in [4.78, 5) is 12.2. The SMILES string of the molecule is CCC(Br)CCNC(=O)c1cccc(F)c1Br. The molecule has 17 heavy (non-hydrogen) atoms. The number of hydrogen-bond donors (Lipinski definition) is 1. The van der Waals surface area contributed by atoms with Crippen LogP contribution in [0.4, 0.5) is 4.39 Å². The van der Waals surface area contributed by atoms with E-state index in [9.17, 15) is 9.18 Å². The Bertz CT molecular complexity index is 398. The number of hydrogen-bond acceptors (Lipinski definition) is 1. The first-order valence-electron chi connectivity index (χ1n) is 5.42. The van der Waals surface area contributed by atoms with E-state index in [1.165, 1.54) is 12.1 Å². The van der Waals surface area contributed by atoms with Gasteiger partial charge in [0.2, 0.25) is 0 Å². The summed E-state index contributed by atoms with van der Waals surface area (Å²) in [5.41, 5.74) is 0.327. The molecule has 1 aromatic rings. The van der Waals surface area contributed by atoms with Crippen LogP contribution in [0.5, 0.6) is 0 Å². The molecular formula is C12H14Br2FNO. The first-order chi connectivity index (χ1) is 8.06. The summed E-state index contributed by atoms with van der Waals surface area (Å²) in [7, 11) is 0. The molecule has 1 aromatic carbocycles. The molecule has 1 N–H and O–H groups in total. The number of rotatable bonds is 5. The summed E-state index contributed by atoms with van der Waals surface area (Å²) in [6.45, 7) is 2.65. The van der Waals surface area contributed by atoms with Gasteiger partial charge < -0.3 is 5.32 Å². The Morgan fingerprint density at radius 3 is 2.88 bits per heavy atom. The molecule has 0 spiro atoms. The van der Waals surface area contributed by atoms with Gasteiger partial charge >= 0.3 is 0 Å².